The van der Waals surface area contributed by atoms with Gasteiger partial charge in [-0.05, 0) is 78.7 Å². The molecule has 4 atom stereocenters. The first kappa shape index (κ1) is 35.4. The van der Waals surface area contributed by atoms with Crippen LogP contribution in [0, 0.1) is 0 Å². The molecule has 0 radical (unpaired) electrons. The van der Waals surface area contributed by atoms with Crippen LogP contribution in [0.3, 0.4) is 0 Å². The lowest BCUT2D eigenvalue weighted by Gasteiger charge is -2.29. The topological polar surface area (TPSA) is 106 Å². The van der Waals surface area contributed by atoms with Gasteiger partial charge in [0.1, 0.15) is 17.9 Å². The van der Waals surface area contributed by atoms with E-state index in [9.17, 15) is 9.59 Å². The zero-order valence-electron chi connectivity index (χ0n) is 30.9. The van der Waals surface area contributed by atoms with Crippen molar-refractivity contribution in [2.45, 2.75) is 56.3 Å². The summed E-state index contributed by atoms with van der Waals surface area (Å²) in [5.74, 6) is 1.01. The third-order valence-corrected chi connectivity index (χ3v) is 11.2. The van der Waals surface area contributed by atoms with Gasteiger partial charge in [-0.2, -0.15) is 0 Å². The number of likely N-dealkylation sites (N-methyl/N-ethyl adjacent to an activating group) is 2. The number of hydrogen-bond acceptors (Lipinski definition) is 6. The van der Waals surface area contributed by atoms with Crippen LogP contribution in [0.5, 0.6) is 0 Å². The standard InChI is InChI=1S/C45H47N7O2/c1-46-41(34-11-5-3-6-12-34)44(53)51-25-9-15-39(51)37-27-36(28-48-37)32-19-17-30(18-20-32)31-21-23-33(24-22-31)38-29-49-43(50-38)40-16-10-26-52(40)45(54)42(47-2)35-13-7-4-8-14-35/h3-8,11-14,17-24,28-29,39-42,46-47H,9-10,15-16,25-27H2,1-2H3,(H,49,50)/t39-,40-,41+,42+/m0/s1. The molecule has 4 aromatic carbocycles. The number of H-pyrrole nitrogens is 1. The third kappa shape index (κ3) is 7.05. The van der Waals surface area contributed by atoms with E-state index < -0.39 is 0 Å². The number of nitrogens with one attached hydrogen (secondary N) is 3. The second-order valence-corrected chi connectivity index (χ2v) is 14.4. The first-order valence-electron chi connectivity index (χ1n) is 19.1. The van der Waals surface area contributed by atoms with Crippen LogP contribution in [0.1, 0.15) is 72.7 Å². The molecule has 2 fully saturated rings. The molecule has 2 saturated heterocycles. The van der Waals surface area contributed by atoms with Gasteiger partial charge in [-0.25, -0.2) is 4.98 Å². The maximum Gasteiger partial charge on any atom is 0.244 e. The van der Waals surface area contributed by atoms with E-state index >= 15 is 0 Å². The number of nitrogens with zero attached hydrogens (tertiary/aromatic N) is 4. The van der Waals surface area contributed by atoms with Crippen molar-refractivity contribution in [3.05, 3.63) is 144 Å². The zero-order chi connectivity index (χ0) is 37.0. The largest absolute Gasteiger partial charge is 0.340 e. The van der Waals surface area contributed by atoms with E-state index in [1.165, 1.54) is 5.57 Å². The lowest BCUT2D eigenvalue weighted by atomic mass is 9.96. The minimum atomic E-state index is -0.388. The smallest absolute Gasteiger partial charge is 0.244 e. The van der Waals surface area contributed by atoms with Crippen molar-refractivity contribution in [3.63, 3.8) is 0 Å². The molecule has 9 heteroatoms. The quantitative estimate of drug-likeness (QED) is 0.131. The molecule has 0 bridgehead atoms. The lowest BCUT2D eigenvalue weighted by molar-refractivity contribution is -0.135. The SMILES string of the molecule is CN[C@@H](C(=O)N1CCC[C@H]1C1=NC=C(c2ccc(-c3ccc(-c4cnc([C@@H]5CCCN5C(=O)[C@H](NC)c5ccccc5)[nH]4)cc3)cc2)C1)c1ccccc1. The van der Waals surface area contributed by atoms with Crippen molar-refractivity contribution in [1.29, 1.82) is 0 Å². The van der Waals surface area contributed by atoms with Crippen molar-refractivity contribution in [3.8, 4) is 22.4 Å². The Bertz CT molecular complexity index is 2140. The van der Waals surface area contributed by atoms with E-state index in [2.05, 4.69) is 64.1 Å². The summed E-state index contributed by atoms with van der Waals surface area (Å²) in [6.45, 7) is 1.47. The zero-order valence-corrected chi connectivity index (χ0v) is 30.9. The highest BCUT2D eigenvalue weighted by Gasteiger charge is 2.38. The van der Waals surface area contributed by atoms with E-state index in [0.29, 0.717) is 0 Å². The number of carbonyl (C=O) groups excluding carboxylic acids is 2. The van der Waals surface area contributed by atoms with Crippen LogP contribution in [0.25, 0.3) is 28.0 Å². The molecule has 8 rings (SSSR count). The lowest BCUT2D eigenvalue weighted by Crippen LogP contribution is -2.45. The Morgan fingerprint density at radius 3 is 1.72 bits per heavy atom. The average molecular weight is 718 g/mol. The molecule has 2 amide bonds. The van der Waals surface area contributed by atoms with Crippen LogP contribution < -0.4 is 10.6 Å². The first-order valence-corrected chi connectivity index (χ1v) is 19.1. The van der Waals surface area contributed by atoms with Gasteiger partial charge in [0.05, 0.1) is 24.0 Å². The van der Waals surface area contributed by atoms with Gasteiger partial charge in [-0.3, -0.25) is 14.6 Å². The maximum absolute atomic E-state index is 13.7. The summed E-state index contributed by atoms with van der Waals surface area (Å²) in [4.78, 5) is 44.5. The van der Waals surface area contributed by atoms with Crippen LogP contribution in [-0.2, 0) is 9.59 Å². The molecule has 3 aliphatic heterocycles. The van der Waals surface area contributed by atoms with Gasteiger partial charge in [-0.1, -0.05) is 109 Å². The highest BCUT2D eigenvalue weighted by atomic mass is 16.2. The Hall–Kier alpha value is -5.64. The Morgan fingerprint density at radius 2 is 1.17 bits per heavy atom. The number of aromatic nitrogens is 2. The summed E-state index contributed by atoms with van der Waals surface area (Å²) < 4.78 is 0. The Morgan fingerprint density at radius 1 is 0.667 bits per heavy atom. The van der Waals surface area contributed by atoms with Gasteiger partial charge < -0.3 is 25.4 Å². The van der Waals surface area contributed by atoms with E-state index in [1.807, 2.05) is 97.0 Å². The van der Waals surface area contributed by atoms with Gasteiger partial charge >= 0.3 is 0 Å². The van der Waals surface area contributed by atoms with E-state index in [1.54, 1.807) is 0 Å². The van der Waals surface area contributed by atoms with Crippen molar-refractivity contribution >= 4 is 23.1 Å². The number of imidazole rings is 1. The predicted molar refractivity (Wildman–Crippen MR) is 214 cm³/mol. The molecule has 5 aromatic rings. The summed E-state index contributed by atoms with van der Waals surface area (Å²) in [5, 5.41) is 6.45. The molecule has 4 heterocycles. The van der Waals surface area contributed by atoms with Gasteiger partial charge in [0.25, 0.3) is 0 Å². The molecule has 0 aliphatic carbocycles. The van der Waals surface area contributed by atoms with Crippen molar-refractivity contribution < 1.29 is 9.59 Å². The number of allylic oxidation sites excluding steroid dienone is 1. The number of aromatic amines is 1. The molecule has 0 saturated carbocycles. The number of likely N-dealkylation sites (tertiary alicyclic amines) is 2. The minimum Gasteiger partial charge on any atom is -0.340 e. The monoisotopic (exact) mass is 717 g/mol. The molecule has 9 nitrogen and oxygen atoms in total. The second-order valence-electron chi connectivity index (χ2n) is 14.4. The molecule has 0 spiro atoms. The number of hydrogen-bond donors (Lipinski definition) is 3. The van der Waals surface area contributed by atoms with Gasteiger partial charge in [-0.15, -0.1) is 0 Å². The molecule has 0 unspecified atom stereocenters. The average Bonchev–Trinajstić information content (AvgIpc) is 4.07. The maximum atomic E-state index is 13.7. The molecular formula is C45H47N7O2. The highest BCUT2D eigenvalue weighted by molar-refractivity contribution is 6.03. The predicted octanol–water partition coefficient (Wildman–Crippen LogP) is 7.51. The molecule has 1 aromatic heterocycles. The van der Waals surface area contributed by atoms with Crippen molar-refractivity contribution in [2.24, 2.45) is 4.99 Å². The normalized spacial score (nSPS) is 19.4. The summed E-state index contributed by atoms with van der Waals surface area (Å²) in [7, 11) is 3.69. The Kier molecular flexibility index (Phi) is 10.3. The van der Waals surface area contributed by atoms with Crippen LogP contribution in [0.15, 0.2) is 127 Å². The number of amides is 2. The highest BCUT2D eigenvalue weighted by Crippen LogP contribution is 2.35. The summed E-state index contributed by atoms with van der Waals surface area (Å²) in [5.41, 5.74) is 9.60. The summed E-state index contributed by atoms with van der Waals surface area (Å²) >= 11 is 0. The van der Waals surface area contributed by atoms with Gasteiger partial charge in [0, 0.05) is 31.4 Å². The molecule has 3 N–H and O–H groups in total. The van der Waals surface area contributed by atoms with Crippen LogP contribution in [0.2, 0.25) is 0 Å². The van der Waals surface area contributed by atoms with Crippen LogP contribution >= 0.6 is 0 Å². The minimum absolute atomic E-state index is 0.0273. The number of rotatable bonds is 11. The van der Waals surface area contributed by atoms with Crippen LogP contribution in [0.4, 0.5) is 0 Å². The fourth-order valence-corrected chi connectivity index (χ4v) is 8.38. The van der Waals surface area contributed by atoms with Crippen molar-refractivity contribution in [1.82, 2.24) is 30.4 Å². The first-order chi connectivity index (χ1) is 26.5. The second kappa shape index (κ2) is 15.8. The van der Waals surface area contributed by atoms with E-state index in [4.69, 9.17) is 9.98 Å². The Balaban J connectivity index is 0.895. The summed E-state index contributed by atoms with van der Waals surface area (Å²) in [6, 6.07) is 36.2. The molecule has 54 heavy (non-hydrogen) atoms. The number of aliphatic imine (C=N–C) groups is 1. The number of benzene rings is 4. The molecule has 274 valence electrons. The van der Waals surface area contributed by atoms with Gasteiger partial charge in [0.15, 0.2) is 0 Å². The van der Waals surface area contributed by atoms with Crippen molar-refractivity contribution in [2.75, 3.05) is 27.2 Å². The number of carbonyl (C=O) groups is 2. The van der Waals surface area contributed by atoms with Gasteiger partial charge in [0.2, 0.25) is 11.8 Å². The fraction of sp³-hybridized carbons (Fsp3) is 0.289. The van der Waals surface area contributed by atoms with Crippen LogP contribution in [-0.4, -0.2) is 70.5 Å². The summed E-state index contributed by atoms with van der Waals surface area (Å²) in [6.07, 6.45) is 8.36. The van der Waals surface area contributed by atoms with E-state index in [-0.39, 0.29) is 36.0 Å². The fourth-order valence-electron chi connectivity index (χ4n) is 8.38. The molecular weight excluding hydrogens is 671 g/mol. The Labute approximate surface area is 317 Å². The van der Waals surface area contributed by atoms with E-state index in [0.717, 1.165) is 95.8 Å². The molecule has 3 aliphatic rings. The third-order valence-electron chi connectivity index (χ3n) is 11.2.